The lowest BCUT2D eigenvalue weighted by molar-refractivity contribution is -0.143. The number of carbonyl (C=O) groups excluding carboxylic acids is 6. The summed E-state index contributed by atoms with van der Waals surface area (Å²) in [7, 11) is 3.14. The molecule has 5 N–H and O–H groups in total. The highest BCUT2D eigenvalue weighted by molar-refractivity contribution is 6.38. The average Bonchev–Trinajstić information content (AvgIpc) is 3.69. The second-order valence-corrected chi connectivity index (χ2v) is 14.0. The van der Waals surface area contributed by atoms with Crippen molar-refractivity contribution in [1.29, 1.82) is 0 Å². The third kappa shape index (κ3) is 9.59. The molecule has 45 heavy (non-hydrogen) atoms. The summed E-state index contributed by atoms with van der Waals surface area (Å²) >= 11 is 0. The Labute approximate surface area is 266 Å². The lowest BCUT2D eigenvalue weighted by Crippen LogP contribution is -2.57. The fraction of sp³-hybridized carbons (Fsp3) is 0.636. The zero-order valence-electron chi connectivity index (χ0n) is 27.6. The number of benzene rings is 1. The van der Waals surface area contributed by atoms with Crippen LogP contribution in [0.15, 0.2) is 30.3 Å². The first-order valence-electron chi connectivity index (χ1n) is 15.7. The van der Waals surface area contributed by atoms with E-state index >= 15 is 0 Å². The molecule has 0 spiro atoms. The van der Waals surface area contributed by atoms with E-state index in [2.05, 4.69) is 16.0 Å². The van der Waals surface area contributed by atoms with E-state index in [1.165, 1.54) is 9.80 Å². The summed E-state index contributed by atoms with van der Waals surface area (Å²) in [6.45, 7) is 9.52. The van der Waals surface area contributed by atoms with Gasteiger partial charge in [-0.25, -0.2) is 0 Å². The number of ketones is 1. The maximum Gasteiger partial charge on any atom is 0.290 e. The van der Waals surface area contributed by atoms with Crippen molar-refractivity contribution in [3.8, 4) is 0 Å². The van der Waals surface area contributed by atoms with E-state index in [0.29, 0.717) is 18.5 Å². The van der Waals surface area contributed by atoms with Crippen LogP contribution in [0.2, 0.25) is 0 Å². The summed E-state index contributed by atoms with van der Waals surface area (Å²) in [6, 6.07) is 4.99. The van der Waals surface area contributed by atoms with Crippen LogP contribution in [0.3, 0.4) is 0 Å². The molecule has 1 saturated carbocycles. The minimum absolute atomic E-state index is 0.0790. The van der Waals surface area contributed by atoms with Crippen LogP contribution in [0.5, 0.6) is 0 Å². The molecule has 3 unspecified atom stereocenters. The Bertz CT molecular complexity index is 1260. The van der Waals surface area contributed by atoms with Gasteiger partial charge >= 0.3 is 0 Å². The zero-order valence-corrected chi connectivity index (χ0v) is 27.6. The van der Waals surface area contributed by atoms with E-state index in [-0.39, 0.29) is 36.0 Å². The van der Waals surface area contributed by atoms with Crippen molar-refractivity contribution in [2.75, 3.05) is 27.2 Å². The Morgan fingerprint density at radius 3 is 2.16 bits per heavy atom. The number of Topliss-reactive ketones (excluding diaryl/α,β-unsaturated/α-hetero) is 1. The van der Waals surface area contributed by atoms with Crippen molar-refractivity contribution in [2.45, 2.75) is 84.5 Å². The first kappa shape index (κ1) is 35.7. The second kappa shape index (κ2) is 15.0. The SMILES string of the molecule is CC(C)[C@@H]1CC(C(=O)NC(CC2CC2)C(=O)C(=O)NCC(=O)N[C@H](C(=O)N(C)C)c2ccccc2)N(C(=O)C(N)C(C)(C)C)C1. The summed E-state index contributed by atoms with van der Waals surface area (Å²) in [4.78, 5) is 81.7. The molecule has 1 heterocycles. The van der Waals surface area contributed by atoms with Crippen molar-refractivity contribution in [3.63, 3.8) is 0 Å². The van der Waals surface area contributed by atoms with Crippen LogP contribution >= 0.6 is 0 Å². The summed E-state index contributed by atoms with van der Waals surface area (Å²) in [5, 5.41) is 7.74. The van der Waals surface area contributed by atoms with Crippen LogP contribution in [0.1, 0.15) is 71.9 Å². The molecule has 0 bridgehead atoms. The monoisotopic (exact) mass is 626 g/mol. The van der Waals surface area contributed by atoms with Crippen LogP contribution in [-0.2, 0) is 28.8 Å². The molecule has 2 fully saturated rings. The molecule has 1 saturated heterocycles. The van der Waals surface area contributed by atoms with Crippen molar-refractivity contribution < 1.29 is 28.8 Å². The number of likely N-dealkylation sites (N-methyl/N-ethyl adjacent to an activating group) is 1. The molecule has 1 aromatic carbocycles. The topological polar surface area (TPSA) is 171 Å². The van der Waals surface area contributed by atoms with Crippen LogP contribution in [0, 0.1) is 23.2 Å². The molecule has 3 rings (SSSR count). The first-order valence-corrected chi connectivity index (χ1v) is 15.7. The maximum absolute atomic E-state index is 13.7. The molecule has 5 atom stereocenters. The number of hydrogen-bond donors (Lipinski definition) is 4. The smallest absolute Gasteiger partial charge is 0.290 e. The van der Waals surface area contributed by atoms with E-state index in [9.17, 15) is 28.8 Å². The molecule has 1 aliphatic carbocycles. The summed E-state index contributed by atoms with van der Waals surface area (Å²) < 4.78 is 0. The summed E-state index contributed by atoms with van der Waals surface area (Å²) in [6.07, 6.45) is 2.48. The van der Waals surface area contributed by atoms with Gasteiger partial charge in [-0.3, -0.25) is 28.8 Å². The van der Waals surface area contributed by atoms with Gasteiger partial charge in [0.05, 0.1) is 18.6 Å². The van der Waals surface area contributed by atoms with Gasteiger partial charge in [-0.15, -0.1) is 0 Å². The number of amides is 5. The first-order chi connectivity index (χ1) is 21.0. The molecule has 12 heteroatoms. The molecule has 248 valence electrons. The number of likely N-dealkylation sites (tertiary alicyclic amines) is 1. The van der Waals surface area contributed by atoms with Gasteiger partial charge < -0.3 is 31.5 Å². The van der Waals surface area contributed by atoms with Crippen molar-refractivity contribution in [3.05, 3.63) is 35.9 Å². The molecular weight excluding hydrogens is 576 g/mol. The van der Waals surface area contributed by atoms with Gasteiger partial charge in [0.25, 0.3) is 5.91 Å². The fourth-order valence-corrected chi connectivity index (χ4v) is 5.39. The molecule has 12 nitrogen and oxygen atoms in total. The van der Waals surface area contributed by atoms with Gasteiger partial charge in [0, 0.05) is 20.6 Å². The number of hydrogen-bond acceptors (Lipinski definition) is 7. The predicted octanol–water partition coefficient (Wildman–Crippen LogP) is 1.15. The van der Waals surface area contributed by atoms with Gasteiger partial charge in [0.1, 0.15) is 12.1 Å². The minimum atomic E-state index is -1.10. The molecule has 1 aliphatic heterocycles. The number of nitrogens with zero attached hydrogens (tertiary/aromatic N) is 2. The molecular formula is C33H50N6O6. The van der Waals surface area contributed by atoms with E-state index in [1.807, 2.05) is 34.6 Å². The Morgan fingerprint density at radius 2 is 1.62 bits per heavy atom. The molecule has 1 aromatic rings. The van der Waals surface area contributed by atoms with E-state index in [0.717, 1.165) is 12.8 Å². The maximum atomic E-state index is 13.7. The van der Waals surface area contributed by atoms with Gasteiger partial charge in [0.2, 0.25) is 29.4 Å². The van der Waals surface area contributed by atoms with Crippen LogP contribution in [-0.4, -0.2) is 90.4 Å². The third-order valence-electron chi connectivity index (χ3n) is 8.72. The highest BCUT2D eigenvalue weighted by Crippen LogP contribution is 2.35. The molecule has 2 aliphatic rings. The average molecular weight is 627 g/mol. The Kier molecular flexibility index (Phi) is 11.9. The normalized spacial score (nSPS) is 20.2. The summed E-state index contributed by atoms with van der Waals surface area (Å²) in [5.41, 5.74) is 6.35. The highest BCUT2D eigenvalue weighted by Gasteiger charge is 2.45. The number of nitrogens with two attached hydrogens (primary N) is 1. The number of rotatable bonds is 13. The molecule has 0 aromatic heterocycles. The van der Waals surface area contributed by atoms with E-state index < -0.39 is 59.6 Å². The quantitative estimate of drug-likeness (QED) is 0.238. The lowest BCUT2D eigenvalue weighted by Gasteiger charge is -2.33. The fourth-order valence-electron chi connectivity index (χ4n) is 5.39. The van der Waals surface area contributed by atoms with Crippen LogP contribution in [0.4, 0.5) is 0 Å². The van der Waals surface area contributed by atoms with Crippen molar-refractivity contribution in [2.24, 2.45) is 28.9 Å². The highest BCUT2D eigenvalue weighted by atomic mass is 16.2. The number of carbonyl (C=O) groups is 6. The van der Waals surface area contributed by atoms with Gasteiger partial charge in [-0.1, -0.05) is 77.8 Å². The largest absolute Gasteiger partial charge is 0.347 e. The van der Waals surface area contributed by atoms with Crippen LogP contribution in [0.25, 0.3) is 0 Å². The predicted molar refractivity (Wildman–Crippen MR) is 169 cm³/mol. The zero-order chi connectivity index (χ0) is 33.6. The summed E-state index contributed by atoms with van der Waals surface area (Å²) in [5.74, 6) is -3.21. The van der Waals surface area contributed by atoms with Crippen LogP contribution < -0.4 is 21.7 Å². The third-order valence-corrected chi connectivity index (χ3v) is 8.72. The van der Waals surface area contributed by atoms with Gasteiger partial charge in [0.15, 0.2) is 0 Å². The van der Waals surface area contributed by atoms with E-state index in [4.69, 9.17) is 5.73 Å². The lowest BCUT2D eigenvalue weighted by atomic mass is 9.86. The Hall–Kier alpha value is -3.80. The van der Waals surface area contributed by atoms with Gasteiger partial charge in [-0.05, 0) is 41.6 Å². The second-order valence-electron chi connectivity index (χ2n) is 14.0. The number of nitrogens with one attached hydrogen (secondary N) is 3. The molecule has 5 amide bonds. The Morgan fingerprint density at radius 1 is 1.00 bits per heavy atom. The van der Waals surface area contributed by atoms with Gasteiger partial charge in [-0.2, -0.15) is 0 Å². The standard InChI is InChI=1S/C33H50N6O6/c1-19(2)22-16-24(39(18-22)32(45)28(34)33(3,4)5)29(42)36-23(15-20-13-14-20)27(41)30(43)35-17-25(40)37-26(31(44)38(6)7)21-11-9-8-10-12-21/h8-12,19-20,22-24,26,28H,13-18,34H2,1-7H3,(H,35,43)(H,36,42)(H,37,40)/t22-,23?,24?,26+,28?/m1/s1. The van der Waals surface area contributed by atoms with Crippen molar-refractivity contribution in [1.82, 2.24) is 25.8 Å². The van der Waals surface area contributed by atoms with E-state index in [1.54, 1.807) is 44.4 Å². The van der Waals surface area contributed by atoms with Crippen molar-refractivity contribution >= 4 is 35.3 Å². The minimum Gasteiger partial charge on any atom is -0.347 e. The molecule has 0 radical (unpaired) electrons. The Balaban J connectivity index is 1.68.